The zero-order valence-corrected chi connectivity index (χ0v) is 43.8. The fourth-order valence-electron chi connectivity index (χ4n) is 12.6. The molecule has 26 nitrogen and oxygen atoms in total. The summed E-state index contributed by atoms with van der Waals surface area (Å²) in [6.07, 6.45) is -23.6. The van der Waals surface area contributed by atoms with Gasteiger partial charge in [0.15, 0.2) is 37.2 Å². The minimum atomic E-state index is -1.97. The van der Waals surface area contributed by atoms with Gasteiger partial charge in [-0.1, -0.05) is 12.2 Å². The van der Waals surface area contributed by atoms with Gasteiger partial charge in [-0.15, -0.1) is 0 Å². The molecular weight excluding hydrogens is 1040 g/mol. The van der Waals surface area contributed by atoms with Crippen LogP contribution in [0.2, 0.25) is 0 Å². The smallest absolute Gasteiger partial charge is 0.330 e. The number of methoxy groups -OCH3 is 2. The first-order chi connectivity index (χ1) is 37.3. The van der Waals surface area contributed by atoms with Crippen LogP contribution in [0.4, 0.5) is 0 Å². The van der Waals surface area contributed by atoms with Gasteiger partial charge in [0.1, 0.15) is 73.8 Å². The minimum absolute atomic E-state index is 0.0223. The van der Waals surface area contributed by atoms with Crippen molar-refractivity contribution >= 4 is 11.9 Å². The second-order valence-corrected chi connectivity index (χ2v) is 22.4. The molecule has 4 aliphatic carbocycles. The summed E-state index contributed by atoms with van der Waals surface area (Å²) >= 11 is 0. The summed E-state index contributed by atoms with van der Waals surface area (Å²) in [5.74, 6) is -3.19. The van der Waals surface area contributed by atoms with Gasteiger partial charge in [0.25, 0.3) is 0 Å². The zero-order chi connectivity index (χ0) is 56.1. The third-order valence-corrected chi connectivity index (χ3v) is 17.2. The summed E-state index contributed by atoms with van der Waals surface area (Å²) < 4.78 is 64.5. The van der Waals surface area contributed by atoms with Crippen molar-refractivity contribution < 1.29 is 128 Å². The third kappa shape index (κ3) is 14.6. The van der Waals surface area contributed by atoms with Crippen LogP contribution in [-0.4, -0.2) is 270 Å². The molecule has 4 heterocycles. The Labute approximate surface area is 451 Å². The number of hydrogen-bond donors (Lipinski definition) is 13. The van der Waals surface area contributed by atoms with Crippen molar-refractivity contribution in [2.45, 2.75) is 230 Å². The molecule has 0 amide bonds. The van der Waals surface area contributed by atoms with E-state index in [0.717, 1.165) is 6.08 Å². The summed E-state index contributed by atoms with van der Waals surface area (Å²) in [7, 11) is 2.96. The Bertz CT molecular complexity index is 1960. The van der Waals surface area contributed by atoms with Crippen molar-refractivity contribution in [1.82, 2.24) is 0 Å². The second kappa shape index (κ2) is 27.7. The molecule has 0 bridgehead atoms. The number of ether oxygens (including phenoxy) is 11. The van der Waals surface area contributed by atoms with E-state index >= 15 is 0 Å². The highest BCUT2D eigenvalue weighted by Gasteiger charge is 2.58. The van der Waals surface area contributed by atoms with Crippen molar-refractivity contribution in [3.63, 3.8) is 0 Å². The van der Waals surface area contributed by atoms with Gasteiger partial charge in [0, 0.05) is 45.1 Å². The second-order valence-electron chi connectivity index (χ2n) is 22.4. The van der Waals surface area contributed by atoms with Crippen LogP contribution in [0, 0.1) is 23.7 Å². The largest absolute Gasteiger partial charge is 0.460 e. The van der Waals surface area contributed by atoms with Gasteiger partial charge in [-0.3, -0.25) is 0 Å². The van der Waals surface area contributed by atoms with E-state index in [4.69, 9.17) is 52.1 Å². The highest BCUT2D eigenvalue weighted by Crippen LogP contribution is 2.44. The van der Waals surface area contributed by atoms with Crippen molar-refractivity contribution in [1.29, 1.82) is 0 Å². The predicted molar refractivity (Wildman–Crippen MR) is 261 cm³/mol. The Kier molecular flexibility index (Phi) is 21.9. The molecule has 14 N–H and O–H groups in total. The molecular formula is C52H83O26+. The lowest BCUT2D eigenvalue weighted by Crippen LogP contribution is -2.66. The highest BCUT2D eigenvalue weighted by atomic mass is 16.8. The number of allylic oxidation sites excluding steroid dienone is 2. The number of esters is 2. The summed E-state index contributed by atoms with van der Waals surface area (Å²) in [5, 5.41) is 141. The molecule has 0 radical (unpaired) electrons. The lowest BCUT2D eigenvalue weighted by Gasteiger charge is -2.50. The number of hydrogen-bond acceptors (Lipinski definition) is 25. The van der Waals surface area contributed by atoms with Gasteiger partial charge in [-0.05, 0) is 76.0 Å². The fourth-order valence-corrected chi connectivity index (χ4v) is 12.6. The molecule has 26 heteroatoms. The number of rotatable bonds is 17. The van der Waals surface area contributed by atoms with Crippen LogP contribution >= 0.6 is 0 Å². The zero-order valence-electron chi connectivity index (χ0n) is 43.8. The van der Waals surface area contributed by atoms with E-state index in [1.165, 1.54) is 20.3 Å². The van der Waals surface area contributed by atoms with E-state index in [0.29, 0.717) is 44.9 Å². The predicted octanol–water partition coefficient (Wildman–Crippen LogP) is -4.65. The first-order valence-corrected chi connectivity index (χ1v) is 27.4. The van der Waals surface area contributed by atoms with Crippen molar-refractivity contribution in [3.05, 3.63) is 24.3 Å². The maximum atomic E-state index is 13.4. The van der Waals surface area contributed by atoms with E-state index in [-0.39, 0.29) is 43.9 Å². The van der Waals surface area contributed by atoms with Crippen LogP contribution in [0.15, 0.2) is 24.3 Å². The summed E-state index contributed by atoms with van der Waals surface area (Å²) in [5.41, 5.74) is 0. The molecule has 4 saturated heterocycles. The van der Waals surface area contributed by atoms with Crippen LogP contribution < -0.4 is 0 Å². The SMILES string of the molecule is COC1CC(C=CC(=O)OC[C@H]2O[C@@H](OC3CC4C(O[C@@H]5O[C@H](CO)[C@@H](O)[C@H](O)[C@H]5O)CC(O)CC4[OH+]C3C3CCC(O)C(O)C3)[C@H](O[C@@H]3OC[C@@H](O)[C@H](O)[C@H]3OC(=O)C=CC3CCC(O)C(OC)C3)[C@@H](O)[C@@H]2O)CCC1O. The Morgan fingerprint density at radius 2 is 1.15 bits per heavy atom. The van der Waals surface area contributed by atoms with E-state index in [2.05, 4.69) is 0 Å². The Balaban J connectivity index is 1.06. The molecule has 0 aromatic carbocycles. The average molecular weight is 1120 g/mol. The van der Waals surface area contributed by atoms with Gasteiger partial charge < -0.3 is 118 Å². The molecule has 8 aliphatic rings. The number of aliphatic hydroxyl groups is 15. The van der Waals surface area contributed by atoms with Crippen LogP contribution in [-0.2, 0) is 57.0 Å². The van der Waals surface area contributed by atoms with Crippen molar-refractivity contribution in [2.24, 2.45) is 23.7 Å². The van der Waals surface area contributed by atoms with Gasteiger partial charge in [-0.2, -0.15) is 0 Å². The van der Waals surface area contributed by atoms with Crippen LogP contribution in [0.5, 0.6) is 0 Å². The maximum Gasteiger partial charge on any atom is 0.330 e. The van der Waals surface area contributed by atoms with E-state index in [9.17, 15) is 76.0 Å². The topological polar surface area (TPSA) is 402 Å². The molecule has 4 aliphatic heterocycles. The van der Waals surface area contributed by atoms with E-state index in [1.807, 2.05) is 0 Å². The molecule has 4 saturated carbocycles. The van der Waals surface area contributed by atoms with E-state index < -0.39 is 197 Å². The quantitative estimate of drug-likeness (QED) is 0.0370. The van der Waals surface area contributed by atoms with Gasteiger partial charge >= 0.3 is 11.9 Å². The number of carbonyl (C=O) groups excluding carboxylic acids is 2. The molecule has 15 unspecified atom stereocenters. The standard InChI is InChI=1S/C52H82O26/c1-68-34-13-22(3-8-28(34)56)5-11-39(60)70-21-38-43(64)45(66)49(78-51-48(41(62)31(59)20-71-51)77-40(61)12-6-23-4-9-29(57)35(14-23)69-2)52(76-38)74-36-18-26-32(72-47(36)24-7-10-27(55)30(58)15-24)16-25(54)17-33(26)73-50-46(67)44(65)42(63)37(19-53)75-50/h5-6,11-12,22-38,41-59,62-67H,3-4,7-10,13-21H2,1-2H3/p+1/t22?,23?,24?,25?,26?,27?,28?,29?,30?,31-,32?,33?,34?,35?,36?,37-,38-,41+,42-,43-,44+,45+,46-,47?,48-,49-,50-,51+,52-/m1/s1. The minimum Gasteiger partial charge on any atom is -0.460 e. The fraction of sp³-hybridized carbons (Fsp3) is 0.885. The van der Waals surface area contributed by atoms with Crippen molar-refractivity contribution in [3.8, 4) is 0 Å². The molecule has 0 spiro atoms. The summed E-state index contributed by atoms with van der Waals surface area (Å²) in [4.78, 5) is 26.6. The summed E-state index contributed by atoms with van der Waals surface area (Å²) in [6, 6.07) is 0. The Morgan fingerprint density at radius 1 is 0.538 bits per heavy atom. The van der Waals surface area contributed by atoms with Crippen molar-refractivity contribution in [2.75, 3.05) is 34.0 Å². The van der Waals surface area contributed by atoms with Crippen LogP contribution in [0.25, 0.3) is 0 Å². The Hall–Kier alpha value is -2.46. The molecule has 0 aromatic heterocycles. The van der Waals surface area contributed by atoms with Gasteiger partial charge in [0.05, 0.1) is 68.0 Å². The highest BCUT2D eigenvalue weighted by molar-refractivity contribution is 5.82. The molecule has 8 fully saturated rings. The van der Waals surface area contributed by atoms with Gasteiger partial charge in [-0.25, -0.2) is 9.59 Å². The van der Waals surface area contributed by atoms with Gasteiger partial charge in [0.2, 0.25) is 0 Å². The first-order valence-electron chi connectivity index (χ1n) is 27.4. The molecule has 446 valence electrons. The molecule has 0 aromatic rings. The number of carbonyl (C=O) groups is 2. The Morgan fingerprint density at radius 3 is 1.79 bits per heavy atom. The molecule has 29 atom stereocenters. The summed E-state index contributed by atoms with van der Waals surface area (Å²) in [6.45, 7) is -1.90. The van der Waals surface area contributed by atoms with E-state index in [1.54, 1.807) is 12.2 Å². The van der Waals surface area contributed by atoms with Crippen LogP contribution in [0.3, 0.4) is 0 Å². The number of aliphatic hydroxyl groups excluding tert-OH is 13. The monoisotopic (exact) mass is 1120 g/mol. The third-order valence-electron chi connectivity index (χ3n) is 17.2. The molecule has 8 rings (SSSR count). The molecule has 78 heavy (non-hydrogen) atoms. The lowest BCUT2D eigenvalue weighted by molar-refractivity contribution is -0.385. The first kappa shape index (κ1) is 61.6. The lowest BCUT2D eigenvalue weighted by atomic mass is 9.72. The van der Waals surface area contributed by atoms with Crippen LogP contribution in [0.1, 0.15) is 77.0 Å². The number of fused-ring (bicyclic) bond motifs is 1. The normalized spacial score (nSPS) is 48.6. The maximum absolute atomic E-state index is 13.4. The average Bonchev–Trinajstić information content (AvgIpc) is 3.44.